The molecule has 1 atom stereocenters. The van der Waals surface area contributed by atoms with Gasteiger partial charge in [0.2, 0.25) is 0 Å². The Hall–Kier alpha value is -0.260. The molecule has 1 unspecified atom stereocenters. The van der Waals surface area contributed by atoms with Crippen molar-refractivity contribution in [2.24, 2.45) is 0 Å². The van der Waals surface area contributed by atoms with Crippen LogP contribution in [0.3, 0.4) is 0 Å². The van der Waals surface area contributed by atoms with Crippen molar-refractivity contribution in [3.63, 3.8) is 0 Å². The summed E-state index contributed by atoms with van der Waals surface area (Å²) in [6.45, 7) is 5.06. The Labute approximate surface area is 82.8 Å². The van der Waals surface area contributed by atoms with E-state index in [0.717, 1.165) is 6.54 Å². The fraction of sp³-hybridized carbons (Fsp3) is 1.00. The van der Waals surface area contributed by atoms with Gasteiger partial charge in [0.1, 0.15) is 6.61 Å². The van der Waals surface area contributed by atoms with Crippen LogP contribution < -0.4 is 5.32 Å². The van der Waals surface area contributed by atoms with E-state index in [2.05, 4.69) is 5.32 Å². The highest BCUT2D eigenvalue weighted by atomic mass is 19.3. The first kappa shape index (κ1) is 11.8. The fourth-order valence-electron chi connectivity index (χ4n) is 1.45. The lowest BCUT2D eigenvalue weighted by Crippen LogP contribution is -2.51. The van der Waals surface area contributed by atoms with Gasteiger partial charge < -0.3 is 14.8 Å². The van der Waals surface area contributed by atoms with Gasteiger partial charge in [0.25, 0.3) is 6.43 Å². The van der Waals surface area contributed by atoms with Crippen LogP contribution in [0.15, 0.2) is 0 Å². The van der Waals surface area contributed by atoms with Crippen molar-refractivity contribution < 1.29 is 18.3 Å². The molecule has 0 spiro atoms. The van der Waals surface area contributed by atoms with E-state index < -0.39 is 13.0 Å². The molecule has 1 saturated heterocycles. The predicted molar refractivity (Wildman–Crippen MR) is 48.6 cm³/mol. The van der Waals surface area contributed by atoms with E-state index in [-0.39, 0.29) is 18.3 Å². The number of halogens is 2. The molecular weight excluding hydrogens is 192 g/mol. The van der Waals surface area contributed by atoms with Crippen molar-refractivity contribution in [3.8, 4) is 0 Å². The van der Waals surface area contributed by atoms with E-state index in [0.29, 0.717) is 6.54 Å². The lowest BCUT2D eigenvalue weighted by molar-refractivity contribution is -0.126. The summed E-state index contributed by atoms with van der Waals surface area (Å²) in [6.07, 6.45) is -2.53. The van der Waals surface area contributed by atoms with Gasteiger partial charge in [0.15, 0.2) is 0 Å². The number of alkyl halides is 2. The summed E-state index contributed by atoms with van der Waals surface area (Å²) >= 11 is 0. The van der Waals surface area contributed by atoms with E-state index >= 15 is 0 Å². The number of rotatable bonds is 4. The zero-order valence-corrected chi connectivity index (χ0v) is 8.56. The van der Waals surface area contributed by atoms with Gasteiger partial charge >= 0.3 is 0 Å². The summed E-state index contributed by atoms with van der Waals surface area (Å²) in [5, 5.41) is 3.17. The van der Waals surface area contributed by atoms with Crippen LogP contribution in [-0.2, 0) is 9.47 Å². The van der Waals surface area contributed by atoms with Gasteiger partial charge in [0.05, 0.1) is 18.3 Å². The summed E-state index contributed by atoms with van der Waals surface area (Å²) < 4.78 is 34.0. The molecule has 0 amide bonds. The summed E-state index contributed by atoms with van der Waals surface area (Å²) in [5.41, 5.74) is -0.239. The highest BCUT2D eigenvalue weighted by molar-refractivity contribution is 4.81. The maximum Gasteiger partial charge on any atom is 0.261 e. The second-order valence-corrected chi connectivity index (χ2v) is 4.06. The molecule has 5 heteroatoms. The summed E-state index contributed by atoms with van der Waals surface area (Å²) in [4.78, 5) is 0. The van der Waals surface area contributed by atoms with Gasteiger partial charge in [-0.3, -0.25) is 0 Å². The van der Waals surface area contributed by atoms with Crippen LogP contribution >= 0.6 is 0 Å². The second-order valence-electron chi connectivity index (χ2n) is 4.06. The molecular formula is C9H17F2NO2. The van der Waals surface area contributed by atoms with Gasteiger partial charge in [-0.05, 0) is 13.8 Å². The maximum absolute atomic E-state index is 11.8. The molecule has 1 heterocycles. The Morgan fingerprint density at radius 1 is 1.57 bits per heavy atom. The quantitative estimate of drug-likeness (QED) is 0.750. The van der Waals surface area contributed by atoms with Crippen LogP contribution in [0, 0.1) is 0 Å². The molecule has 0 aromatic rings. The molecule has 1 N–H and O–H groups in total. The lowest BCUT2D eigenvalue weighted by atomic mass is 10.1. The van der Waals surface area contributed by atoms with Gasteiger partial charge in [-0.25, -0.2) is 8.78 Å². The predicted octanol–water partition coefficient (Wildman–Crippen LogP) is 1.04. The molecule has 1 aliphatic heterocycles. The number of hydrogen-bond donors (Lipinski definition) is 1. The third kappa shape index (κ3) is 4.30. The Bertz CT molecular complexity index is 176. The topological polar surface area (TPSA) is 30.5 Å². The minimum Gasteiger partial charge on any atom is -0.373 e. The molecule has 84 valence electrons. The monoisotopic (exact) mass is 209 g/mol. The fourth-order valence-corrected chi connectivity index (χ4v) is 1.45. The minimum absolute atomic E-state index is 0.127. The van der Waals surface area contributed by atoms with Crippen LogP contribution in [0.2, 0.25) is 0 Å². The molecule has 0 radical (unpaired) electrons. The Morgan fingerprint density at radius 3 is 2.86 bits per heavy atom. The number of ether oxygens (including phenoxy) is 2. The number of morpholine rings is 1. The average Bonchev–Trinajstić information content (AvgIpc) is 2.01. The smallest absolute Gasteiger partial charge is 0.261 e. The zero-order chi connectivity index (χ0) is 10.6. The van der Waals surface area contributed by atoms with E-state index in [1.165, 1.54) is 0 Å². The van der Waals surface area contributed by atoms with Crippen LogP contribution in [0.4, 0.5) is 8.78 Å². The summed E-state index contributed by atoms with van der Waals surface area (Å²) in [7, 11) is 0. The molecule has 3 nitrogen and oxygen atoms in total. The van der Waals surface area contributed by atoms with E-state index in [1.54, 1.807) is 0 Å². The first-order valence-electron chi connectivity index (χ1n) is 4.74. The van der Waals surface area contributed by atoms with Crippen molar-refractivity contribution in [2.45, 2.75) is 32.0 Å². The second kappa shape index (κ2) is 5.00. The first-order chi connectivity index (χ1) is 6.49. The largest absolute Gasteiger partial charge is 0.373 e. The molecule has 0 aliphatic carbocycles. The van der Waals surface area contributed by atoms with Crippen molar-refractivity contribution in [3.05, 3.63) is 0 Å². The number of hydrogen-bond acceptors (Lipinski definition) is 3. The SMILES string of the molecule is CC1(C)CNCC(COCC(F)F)O1. The summed E-state index contributed by atoms with van der Waals surface area (Å²) in [6, 6.07) is 0. The van der Waals surface area contributed by atoms with Crippen molar-refractivity contribution in [2.75, 3.05) is 26.3 Å². The van der Waals surface area contributed by atoms with Crippen molar-refractivity contribution >= 4 is 0 Å². The third-order valence-electron chi connectivity index (χ3n) is 1.96. The van der Waals surface area contributed by atoms with Crippen molar-refractivity contribution in [1.29, 1.82) is 0 Å². The Morgan fingerprint density at radius 2 is 2.29 bits per heavy atom. The minimum atomic E-state index is -2.40. The van der Waals surface area contributed by atoms with Gasteiger partial charge in [0, 0.05) is 13.1 Å². The zero-order valence-electron chi connectivity index (χ0n) is 8.56. The van der Waals surface area contributed by atoms with Crippen LogP contribution in [0.25, 0.3) is 0 Å². The van der Waals surface area contributed by atoms with Crippen LogP contribution in [-0.4, -0.2) is 44.4 Å². The average molecular weight is 209 g/mol. The highest BCUT2D eigenvalue weighted by Gasteiger charge is 2.28. The molecule has 14 heavy (non-hydrogen) atoms. The van der Waals surface area contributed by atoms with Gasteiger partial charge in [-0.15, -0.1) is 0 Å². The molecule has 1 aliphatic rings. The molecule has 1 rings (SSSR count). The molecule has 0 bridgehead atoms. The molecule has 0 aromatic heterocycles. The Kier molecular flexibility index (Phi) is 4.22. The third-order valence-corrected chi connectivity index (χ3v) is 1.96. The maximum atomic E-state index is 11.8. The van der Waals surface area contributed by atoms with E-state index in [4.69, 9.17) is 9.47 Å². The standard InChI is InChI=1S/C9H17F2NO2/c1-9(2)6-12-3-7(14-9)4-13-5-8(10)11/h7-8,12H,3-6H2,1-2H3. The van der Waals surface area contributed by atoms with E-state index in [1.807, 2.05) is 13.8 Å². The van der Waals surface area contributed by atoms with Gasteiger partial charge in [-0.1, -0.05) is 0 Å². The Balaban J connectivity index is 2.18. The van der Waals surface area contributed by atoms with E-state index in [9.17, 15) is 8.78 Å². The normalized spacial score (nSPS) is 26.8. The lowest BCUT2D eigenvalue weighted by Gasteiger charge is -2.36. The van der Waals surface area contributed by atoms with Crippen molar-refractivity contribution in [1.82, 2.24) is 5.32 Å². The highest BCUT2D eigenvalue weighted by Crippen LogP contribution is 2.15. The number of nitrogens with one attached hydrogen (secondary N) is 1. The first-order valence-corrected chi connectivity index (χ1v) is 4.74. The molecule has 0 saturated carbocycles. The molecule has 0 aromatic carbocycles. The summed E-state index contributed by atoms with van der Waals surface area (Å²) in [5.74, 6) is 0. The van der Waals surface area contributed by atoms with Crippen LogP contribution in [0.1, 0.15) is 13.8 Å². The van der Waals surface area contributed by atoms with Gasteiger partial charge in [-0.2, -0.15) is 0 Å². The molecule has 1 fully saturated rings. The van der Waals surface area contributed by atoms with Crippen LogP contribution in [0.5, 0.6) is 0 Å².